The van der Waals surface area contributed by atoms with Gasteiger partial charge in [-0.15, -0.1) is 11.3 Å². The summed E-state index contributed by atoms with van der Waals surface area (Å²) in [4.78, 5) is 31.4. The Labute approximate surface area is 171 Å². The molecule has 1 N–H and O–H groups in total. The number of carbonyl (C=O) groups is 2. The minimum Gasteiger partial charge on any atom is -0.335 e. The molecular formula is C22H29N3O2S. The van der Waals surface area contributed by atoms with Gasteiger partial charge in [-0.3, -0.25) is 14.5 Å². The van der Waals surface area contributed by atoms with Crippen LogP contribution in [0.25, 0.3) is 0 Å². The van der Waals surface area contributed by atoms with Gasteiger partial charge in [0.1, 0.15) is 0 Å². The summed E-state index contributed by atoms with van der Waals surface area (Å²) in [6.07, 6.45) is 0.965. The average molecular weight is 400 g/mol. The van der Waals surface area contributed by atoms with Crippen LogP contribution in [-0.4, -0.2) is 54.3 Å². The van der Waals surface area contributed by atoms with Gasteiger partial charge >= 0.3 is 0 Å². The molecule has 1 fully saturated rings. The van der Waals surface area contributed by atoms with Crippen LogP contribution in [0.4, 0.5) is 5.69 Å². The number of hydrogen-bond acceptors (Lipinski definition) is 4. The lowest BCUT2D eigenvalue weighted by Gasteiger charge is -2.34. The van der Waals surface area contributed by atoms with Crippen molar-refractivity contribution in [1.29, 1.82) is 0 Å². The highest BCUT2D eigenvalue weighted by Gasteiger charge is 2.25. The molecule has 0 spiro atoms. The zero-order valence-corrected chi connectivity index (χ0v) is 18.0. The third kappa shape index (κ3) is 4.62. The van der Waals surface area contributed by atoms with E-state index in [1.165, 1.54) is 10.4 Å². The molecule has 0 radical (unpaired) electrons. The summed E-state index contributed by atoms with van der Waals surface area (Å²) in [7, 11) is 0. The Morgan fingerprint density at radius 2 is 1.68 bits per heavy atom. The SMILES string of the molecule is CCc1sc(C(=O)N2CCN(CC(=O)Nc3c(C)cccc3C)CC2)cc1C. The maximum absolute atomic E-state index is 12.8. The Morgan fingerprint density at radius 3 is 2.25 bits per heavy atom. The third-order valence-electron chi connectivity index (χ3n) is 5.32. The molecule has 3 rings (SSSR count). The van der Waals surface area contributed by atoms with Gasteiger partial charge in [-0.05, 0) is 49.9 Å². The van der Waals surface area contributed by atoms with E-state index in [1.807, 2.05) is 43.0 Å². The topological polar surface area (TPSA) is 52.7 Å². The van der Waals surface area contributed by atoms with E-state index in [2.05, 4.69) is 24.1 Å². The fourth-order valence-electron chi connectivity index (χ4n) is 3.63. The Morgan fingerprint density at radius 1 is 1.04 bits per heavy atom. The van der Waals surface area contributed by atoms with Crippen LogP contribution in [0.3, 0.4) is 0 Å². The van der Waals surface area contributed by atoms with E-state index in [-0.39, 0.29) is 11.8 Å². The highest BCUT2D eigenvalue weighted by molar-refractivity contribution is 7.14. The van der Waals surface area contributed by atoms with E-state index in [4.69, 9.17) is 0 Å². The molecule has 2 aromatic rings. The van der Waals surface area contributed by atoms with Crippen LogP contribution in [0, 0.1) is 20.8 Å². The maximum Gasteiger partial charge on any atom is 0.264 e. The monoisotopic (exact) mass is 399 g/mol. The molecule has 1 aliphatic rings. The number of carbonyl (C=O) groups excluding carboxylic acids is 2. The second-order valence-electron chi connectivity index (χ2n) is 7.45. The molecule has 0 atom stereocenters. The summed E-state index contributed by atoms with van der Waals surface area (Å²) in [5.74, 6) is 0.117. The standard InChI is InChI=1S/C22H29N3O2S/c1-5-18-17(4)13-19(28-18)22(27)25-11-9-24(10-12-25)14-20(26)23-21-15(2)7-6-8-16(21)3/h6-8,13H,5,9-12,14H2,1-4H3,(H,23,26). The van der Waals surface area contributed by atoms with E-state index >= 15 is 0 Å². The van der Waals surface area contributed by atoms with E-state index in [0.717, 1.165) is 41.2 Å². The quantitative estimate of drug-likeness (QED) is 0.835. The van der Waals surface area contributed by atoms with Crippen molar-refractivity contribution in [2.75, 3.05) is 38.0 Å². The molecular weight excluding hydrogens is 370 g/mol. The van der Waals surface area contributed by atoms with Crippen LogP contribution >= 0.6 is 11.3 Å². The zero-order chi connectivity index (χ0) is 20.3. The number of benzene rings is 1. The van der Waals surface area contributed by atoms with Crippen molar-refractivity contribution in [2.45, 2.75) is 34.1 Å². The Hall–Kier alpha value is -2.18. The first-order valence-corrected chi connectivity index (χ1v) is 10.7. The lowest BCUT2D eigenvalue weighted by atomic mass is 10.1. The lowest BCUT2D eigenvalue weighted by Crippen LogP contribution is -2.50. The van der Waals surface area contributed by atoms with Crippen molar-refractivity contribution < 1.29 is 9.59 Å². The molecule has 0 unspecified atom stereocenters. The predicted octanol–water partition coefficient (Wildman–Crippen LogP) is 3.63. The normalized spacial score (nSPS) is 14.9. The van der Waals surface area contributed by atoms with Crippen molar-refractivity contribution in [3.63, 3.8) is 0 Å². The molecule has 1 aromatic heterocycles. The van der Waals surface area contributed by atoms with Gasteiger partial charge < -0.3 is 10.2 Å². The van der Waals surface area contributed by atoms with E-state index in [9.17, 15) is 9.59 Å². The van der Waals surface area contributed by atoms with Crippen LogP contribution in [0.2, 0.25) is 0 Å². The van der Waals surface area contributed by atoms with Crippen molar-refractivity contribution in [3.8, 4) is 0 Å². The number of thiophene rings is 1. The molecule has 150 valence electrons. The predicted molar refractivity (Wildman–Crippen MR) is 115 cm³/mol. The molecule has 28 heavy (non-hydrogen) atoms. The van der Waals surface area contributed by atoms with Crippen LogP contribution in [0.5, 0.6) is 0 Å². The number of nitrogens with one attached hydrogen (secondary N) is 1. The average Bonchev–Trinajstić information content (AvgIpc) is 3.05. The molecule has 2 heterocycles. The summed E-state index contributed by atoms with van der Waals surface area (Å²) in [5, 5.41) is 3.04. The summed E-state index contributed by atoms with van der Waals surface area (Å²) < 4.78 is 0. The minimum absolute atomic E-state index is 0.00125. The number of hydrogen-bond donors (Lipinski definition) is 1. The first-order valence-electron chi connectivity index (χ1n) is 9.86. The molecule has 0 saturated carbocycles. The lowest BCUT2D eigenvalue weighted by molar-refractivity contribution is -0.117. The van der Waals surface area contributed by atoms with E-state index < -0.39 is 0 Å². The summed E-state index contributed by atoms with van der Waals surface area (Å²) >= 11 is 1.61. The zero-order valence-electron chi connectivity index (χ0n) is 17.2. The maximum atomic E-state index is 12.8. The van der Waals surface area contributed by atoms with E-state index in [1.54, 1.807) is 11.3 Å². The van der Waals surface area contributed by atoms with Crippen LogP contribution in [-0.2, 0) is 11.2 Å². The molecule has 1 aliphatic heterocycles. The van der Waals surface area contributed by atoms with Gasteiger partial charge in [0, 0.05) is 36.7 Å². The van der Waals surface area contributed by atoms with Gasteiger partial charge in [0.2, 0.25) is 5.91 Å². The van der Waals surface area contributed by atoms with Gasteiger partial charge in [0.05, 0.1) is 11.4 Å². The fraction of sp³-hybridized carbons (Fsp3) is 0.455. The molecule has 0 aliphatic carbocycles. The number of anilines is 1. The second kappa shape index (κ2) is 8.88. The highest BCUT2D eigenvalue weighted by Crippen LogP contribution is 2.24. The molecule has 5 nitrogen and oxygen atoms in total. The number of piperazine rings is 1. The summed E-state index contributed by atoms with van der Waals surface area (Å²) in [6, 6.07) is 8.01. The number of aryl methyl sites for hydroxylation is 4. The smallest absolute Gasteiger partial charge is 0.264 e. The van der Waals surface area contributed by atoms with Gasteiger partial charge in [-0.25, -0.2) is 0 Å². The first kappa shape index (κ1) is 20.6. The fourth-order valence-corrected chi connectivity index (χ4v) is 4.72. The van der Waals surface area contributed by atoms with Gasteiger partial charge in [-0.1, -0.05) is 25.1 Å². The second-order valence-corrected chi connectivity index (χ2v) is 8.59. The molecule has 6 heteroatoms. The summed E-state index contributed by atoms with van der Waals surface area (Å²) in [5.41, 5.74) is 4.25. The molecule has 0 bridgehead atoms. The number of para-hydroxylation sites is 1. The van der Waals surface area contributed by atoms with Crippen LogP contribution in [0.1, 0.15) is 38.2 Å². The minimum atomic E-state index is -0.00125. The van der Waals surface area contributed by atoms with Gasteiger partial charge in [0.25, 0.3) is 5.91 Å². The van der Waals surface area contributed by atoms with E-state index in [0.29, 0.717) is 19.6 Å². The number of amides is 2. The van der Waals surface area contributed by atoms with Crippen molar-refractivity contribution in [2.24, 2.45) is 0 Å². The van der Waals surface area contributed by atoms with Gasteiger partial charge in [0.15, 0.2) is 0 Å². The Balaban J connectivity index is 1.52. The Bertz CT molecular complexity index is 846. The molecule has 1 aromatic carbocycles. The largest absolute Gasteiger partial charge is 0.335 e. The molecule has 1 saturated heterocycles. The van der Waals surface area contributed by atoms with Crippen molar-refractivity contribution in [1.82, 2.24) is 9.80 Å². The number of rotatable bonds is 5. The number of nitrogens with zero attached hydrogens (tertiary/aromatic N) is 2. The van der Waals surface area contributed by atoms with Gasteiger partial charge in [-0.2, -0.15) is 0 Å². The van der Waals surface area contributed by atoms with Crippen LogP contribution in [0.15, 0.2) is 24.3 Å². The highest BCUT2D eigenvalue weighted by atomic mass is 32.1. The van der Waals surface area contributed by atoms with Crippen molar-refractivity contribution >= 4 is 28.8 Å². The molecule has 2 amide bonds. The first-order chi connectivity index (χ1) is 13.4. The third-order valence-corrected chi connectivity index (χ3v) is 6.69. The van der Waals surface area contributed by atoms with Crippen LogP contribution < -0.4 is 5.32 Å². The summed E-state index contributed by atoms with van der Waals surface area (Å²) in [6.45, 7) is 11.3. The Kier molecular flexibility index (Phi) is 6.52. The van der Waals surface area contributed by atoms with Crippen molar-refractivity contribution in [3.05, 3.63) is 50.7 Å².